The van der Waals surface area contributed by atoms with E-state index in [9.17, 15) is 4.39 Å². The molecule has 3 N–H and O–H groups in total. The highest BCUT2D eigenvalue weighted by Gasteiger charge is 2.20. The summed E-state index contributed by atoms with van der Waals surface area (Å²) < 4.78 is 13.2. The second kappa shape index (κ2) is 8.34. The van der Waals surface area contributed by atoms with Gasteiger partial charge < -0.3 is 10.6 Å². The fraction of sp³-hybridized carbons (Fsp3) is 0.292. The Bertz CT molecular complexity index is 1160. The Labute approximate surface area is 181 Å². The lowest BCUT2D eigenvalue weighted by Gasteiger charge is -2.25. The number of aromatic nitrogens is 4. The number of halogens is 1. The standard InChI is InChI=1S/C24H27FN6/c1-15(2)27-23-19-13-16(5-10-21(19)29-31-23)20-11-12-22(30-28-20)26-14-24(3,4)17-6-8-18(25)9-7-17/h5-13,15H,14H2,1-4H3,(H,26,30)(H2,27,29,31). The molecule has 0 amide bonds. The van der Waals surface area contributed by atoms with E-state index >= 15 is 0 Å². The van der Waals surface area contributed by atoms with Gasteiger partial charge in [-0.25, -0.2) is 4.39 Å². The molecule has 0 radical (unpaired) electrons. The van der Waals surface area contributed by atoms with Crippen LogP contribution in [-0.2, 0) is 5.41 Å². The van der Waals surface area contributed by atoms with Crippen LogP contribution in [0.4, 0.5) is 16.0 Å². The number of hydrogen-bond donors (Lipinski definition) is 3. The summed E-state index contributed by atoms with van der Waals surface area (Å²) in [5.41, 5.74) is 3.62. The van der Waals surface area contributed by atoms with Crippen LogP contribution in [0.15, 0.2) is 54.6 Å². The molecule has 0 aliphatic rings. The molecule has 0 saturated carbocycles. The second-order valence-electron chi connectivity index (χ2n) is 8.68. The van der Waals surface area contributed by atoms with E-state index in [1.807, 2.05) is 36.4 Å². The molecule has 2 heterocycles. The number of H-pyrrole nitrogens is 1. The maximum Gasteiger partial charge on any atom is 0.155 e. The average Bonchev–Trinajstić information content (AvgIpc) is 3.14. The zero-order valence-electron chi connectivity index (χ0n) is 18.2. The lowest BCUT2D eigenvalue weighted by molar-refractivity contribution is 0.552. The van der Waals surface area contributed by atoms with Crippen LogP contribution in [0.25, 0.3) is 22.2 Å². The minimum atomic E-state index is -0.227. The van der Waals surface area contributed by atoms with Gasteiger partial charge in [0, 0.05) is 29.0 Å². The molecule has 0 aliphatic heterocycles. The first-order chi connectivity index (χ1) is 14.8. The third kappa shape index (κ3) is 4.66. The highest BCUT2D eigenvalue weighted by molar-refractivity contribution is 5.92. The summed E-state index contributed by atoms with van der Waals surface area (Å²) in [7, 11) is 0. The van der Waals surface area contributed by atoms with Crippen molar-refractivity contribution in [2.75, 3.05) is 17.2 Å². The van der Waals surface area contributed by atoms with Gasteiger partial charge in [0.05, 0.1) is 11.2 Å². The van der Waals surface area contributed by atoms with Gasteiger partial charge in [0.1, 0.15) is 11.6 Å². The number of fused-ring (bicyclic) bond motifs is 1. The van der Waals surface area contributed by atoms with Gasteiger partial charge in [-0.2, -0.15) is 5.10 Å². The van der Waals surface area contributed by atoms with Gasteiger partial charge in [-0.3, -0.25) is 5.10 Å². The first-order valence-corrected chi connectivity index (χ1v) is 10.4. The number of rotatable bonds is 7. The third-order valence-electron chi connectivity index (χ3n) is 5.29. The number of nitrogens with zero attached hydrogens (tertiary/aromatic N) is 3. The molecule has 160 valence electrons. The summed E-state index contributed by atoms with van der Waals surface area (Å²) in [6, 6.07) is 16.9. The molecule has 0 spiro atoms. The van der Waals surface area contributed by atoms with E-state index in [1.54, 1.807) is 0 Å². The predicted octanol–water partition coefficient (Wildman–Crippen LogP) is 5.37. The summed E-state index contributed by atoms with van der Waals surface area (Å²) in [4.78, 5) is 0. The minimum Gasteiger partial charge on any atom is -0.368 e. The van der Waals surface area contributed by atoms with Crippen molar-refractivity contribution in [3.8, 4) is 11.3 Å². The van der Waals surface area contributed by atoms with Crippen molar-refractivity contribution in [2.24, 2.45) is 0 Å². The van der Waals surface area contributed by atoms with E-state index in [1.165, 1.54) is 12.1 Å². The highest BCUT2D eigenvalue weighted by atomic mass is 19.1. The van der Waals surface area contributed by atoms with Crippen LogP contribution in [0, 0.1) is 5.82 Å². The molecule has 31 heavy (non-hydrogen) atoms. The molecule has 0 aliphatic carbocycles. The Morgan fingerprint density at radius 3 is 2.45 bits per heavy atom. The van der Waals surface area contributed by atoms with Crippen molar-refractivity contribution in [1.82, 2.24) is 20.4 Å². The van der Waals surface area contributed by atoms with E-state index in [0.717, 1.165) is 33.5 Å². The molecule has 2 aromatic heterocycles. The minimum absolute atomic E-state index is 0.180. The summed E-state index contributed by atoms with van der Waals surface area (Å²) in [5, 5.41) is 23.9. The van der Waals surface area contributed by atoms with Crippen molar-refractivity contribution >= 4 is 22.5 Å². The summed E-state index contributed by atoms with van der Waals surface area (Å²) >= 11 is 0. The lowest BCUT2D eigenvalue weighted by Crippen LogP contribution is -2.28. The Kier molecular flexibility index (Phi) is 5.59. The molecular formula is C24H27FN6. The predicted molar refractivity (Wildman–Crippen MR) is 124 cm³/mol. The maximum absolute atomic E-state index is 13.2. The SMILES string of the molecule is CC(C)Nc1n[nH]c2ccc(-c3ccc(NCC(C)(C)c4ccc(F)cc4)nn3)cc12. The molecule has 0 atom stereocenters. The zero-order valence-corrected chi connectivity index (χ0v) is 18.2. The number of benzene rings is 2. The largest absolute Gasteiger partial charge is 0.368 e. The molecule has 0 fully saturated rings. The van der Waals surface area contributed by atoms with Crippen LogP contribution in [0.5, 0.6) is 0 Å². The van der Waals surface area contributed by atoms with Crippen LogP contribution in [0.1, 0.15) is 33.3 Å². The van der Waals surface area contributed by atoms with Crippen molar-refractivity contribution < 1.29 is 4.39 Å². The Balaban J connectivity index is 1.48. The lowest BCUT2D eigenvalue weighted by atomic mass is 9.84. The maximum atomic E-state index is 13.2. The Morgan fingerprint density at radius 1 is 1.00 bits per heavy atom. The van der Waals surface area contributed by atoms with Crippen LogP contribution >= 0.6 is 0 Å². The molecule has 0 saturated heterocycles. The second-order valence-corrected chi connectivity index (χ2v) is 8.68. The van der Waals surface area contributed by atoms with Crippen LogP contribution in [-0.4, -0.2) is 33.0 Å². The van der Waals surface area contributed by atoms with Crippen molar-refractivity contribution in [3.63, 3.8) is 0 Å². The molecule has 6 nitrogen and oxygen atoms in total. The van der Waals surface area contributed by atoms with E-state index in [0.29, 0.717) is 18.4 Å². The summed E-state index contributed by atoms with van der Waals surface area (Å²) in [6.45, 7) is 9.03. The quantitative estimate of drug-likeness (QED) is 0.376. The smallest absolute Gasteiger partial charge is 0.155 e. The van der Waals surface area contributed by atoms with E-state index in [4.69, 9.17) is 0 Å². The number of aromatic amines is 1. The highest BCUT2D eigenvalue weighted by Crippen LogP contribution is 2.28. The average molecular weight is 419 g/mol. The number of hydrogen-bond acceptors (Lipinski definition) is 5. The molecule has 0 unspecified atom stereocenters. The van der Waals surface area contributed by atoms with E-state index in [-0.39, 0.29) is 11.2 Å². The van der Waals surface area contributed by atoms with Crippen LogP contribution in [0.3, 0.4) is 0 Å². The van der Waals surface area contributed by atoms with Crippen LogP contribution in [0.2, 0.25) is 0 Å². The zero-order chi connectivity index (χ0) is 22.0. The normalized spacial score (nSPS) is 11.8. The third-order valence-corrected chi connectivity index (χ3v) is 5.29. The molecule has 2 aromatic carbocycles. The fourth-order valence-corrected chi connectivity index (χ4v) is 3.45. The fourth-order valence-electron chi connectivity index (χ4n) is 3.45. The van der Waals surface area contributed by atoms with Crippen LogP contribution < -0.4 is 10.6 Å². The molecule has 4 rings (SSSR count). The molecular weight excluding hydrogens is 391 g/mol. The molecule has 0 bridgehead atoms. The van der Waals surface area contributed by atoms with Crippen molar-refractivity contribution in [1.29, 1.82) is 0 Å². The van der Waals surface area contributed by atoms with Gasteiger partial charge in [-0.1, -0.05) is 32.0 Å². The Morgan fingerprint density at radius 2 is 1.77 bits per heavy atom. The first-order valence-electron chi connectivity index (χ1n) is 10.4. The van der Waals surface area contributed by atoms with Gasteiger partial charge in [0.15, 0.2) is 5.82 Å². The number of anilines is 2. The Hall–Kier alpha value is -3.48. The van der Waals surface area contributed by atoms with Gasteiger partial charge in [0.2, 0.25) is 0 Å². The van der Waals surface area contributed by atoms with E-state index in [2.05, 4.69) is 64.8 Å². The van der Waals surface area contributed by atoms with Gasteiger partial charge in [0.25, 0.3) is 0 Å². The van der Waals surface area contributed by atoms with Crippen molar-refractivity contribution in [3.05, 3.63) is 66.0 Å². The molecule has 4 aromatic rings. The van der Waals surface area contributed by atoms with E-state index < -0.39 is 0 Å². The number of nitrogens with one attached hydrogen (secondary N) is 3. The van der Waals surface area contributed by atoms with Gasteiger partial charge in [-0.05, 0) is 55.8 Å². The molecule has 7 heteroatoms. The van der Waals surface area contributed by atoms with Gasteiger partial charge in [-0.15, -0.1) is 10.2 Å². The monoisotopic (exact) mass is 418 g/mol. The first kappa shape index (κ1) is 20.8. The summed E-state index contributed by atoms with van der Waals surface area (Å²) in [5.74, 6) is 1.31. The van der Waals surface area contributed by atoms with Crippen molar-refractivity contribution in [2.45, 2.75) is 39.2 Å². The van der Waals surface area contributed by atoms with Gasteiger partial charge >= 0.3 is 0 Å². The topological polar surface area (TPSA) is 78.5 Å². The summed E-state index contributed by atoms with van der Waals surface area (Å²) in [6.07, 6.45) is 0.